The highest BCUT2D eigenvalue weighted by atomic mass is 16.1. The van der Waals surface area contributed by atoms with Gasteiger partial charge in [-0.1, -0.05) is 0 Å². The Morgan fingerprint density at radius 1 is 1.88 bits per heavy atom. The summed E-state index contributed by atoms with van der Waals surface area (Å²) in [5.74, 6) is 0.778. The number of aliphatic imine (C=N–C) groups is 1. The monoisotopic (exact) mass is 111 g/mol. The van der Waals surface area contributed by atoms with Gasteiger partial charge in [-0.2, -0.15) is 0 Å². The zero-order chi connectivity index (χ0) is 5.82. The molecule has 3 nitrogen and oxygen atoms in total. The number of nitrogens with zero attached hydrogens (tertiary/aromatic N) is 1. The summed E-state index contributed by atoms with van der Waals surface area (Å²) in [5, 5.41) is 2.94. The van der Waals surface area contributed by atoms with E-state index < -0.39 is 0 Å². The largest absolute Gasteiger partial charge is 0.372 e. The first-order valence-corrected chi connectivity index (χ1v) is 2.55. The highest BCUT2D eigenvalue weighted by Gasteiger charge is 2.01. The number of amidine groups is 1. The van der Waals surface area contributed by atoms with Crippen LogP contribution in [0.1, 0.15) is 6.42 Å². The molecule has 0 aromatic heterocycles. The third kappa shape index (κ3) is 1.05. The molecule has 1 radical (unpaired) electrons. The first-order chi connectivity index (χ1) is 3.93. The van der Waals surface area contributed by atoms with Gasteiger partial charge in [0, 0.05) is 6.54 Å². The van der Waals surface area contributed by atoms with Crippen molar-refractivity contribution in [3.8, 4) is 0 Å². The number of carbonyl (C=O) groups excluding carboxylic acids is 1. The predicted octanol–water partition coefficient (Wildman–Crippen LogP) is -0.512. The molecule has 43 valence electrons. The lowest BCUT2D eigenvalue weighted by atomic mass is 10.4. The van der Waals surface area contributed by atoms with Gasteiger partial charge in [0.1, 0.15) is 5.84 Å². The van der Waals surface area contributed by atoms with E-state index in [0.717, 1.165) is 18.9 Å². The molecule has 0 aromatic rings. The molecule has 1 N–H and O–H groups in total. The van der Waals surface area contributed by atoms with E-state index in [1.54, 1.807) is 6.29 Å². The van der Waals surface area contributed by atoms with Gasteiger partial charge >= 0.3 is 0 Å². The first kappa shape index (κ1) is 5.28. The SMILES string of the molecule is O=[C]CC1=NCCN1. The maximum Gasteiger partial charge on any atom is 0.206 e. The van der Waals surface area contributed by atoms with Gasteiger partial charge in [-0.05, 0) is 0 Å². The van der Waals surface area contributed by atoms with Crippen LogP contribution in [0.15, 0.2) is 4.99 Å². The Balaban J connectivity index is 2.33. The quantitative estimate of drug-likeness (QED) is 0.521. The van der Waals surface area contributed by atoms with Crippen LogP contribution in [0.4, 0.5) is 0 Å². The predicted molar refractivity (Wildman–Crippen MR) is 30.6 cm³/mol. The van der Waals surface area contributed by atoms with Gasteiger partial charge in [0.25, 0.3) is 0 Å². The van der Waals surface area contributed by atoms with E-state index in [2.05, 4.69) is 10.3 Å². The average Bonchev–Trinajstić information content (AvgIpc) is 2.19. The molecule has 0 fully saturated rings. The van der Waals surface area contributed by atoms with Gasteiger partial charge in [-0.25, -0.2) is 0 Å². The minimum atomic E-state index is 0.319. The van der Waals surface area contributed by atoms with Gasteiger partial charge in [0.15, 0.2) is 0 Å². The summed E-state index contributed by atoms with van der Waals surface area (Å²) in [5.41, 5.74) is 0. The van der Waals surface area contributed by atoms with Crippen LogP contribution in [0.5, 0.6) is 0 Å². The second-order valence-corrected chi connectivity index (χ2v) is 1.58. The molecule has 0 saturated heterocycles. The van der Waals surface area contributed by atoms with E-state index in [0.29, 0.717) is 6.42 Å². The van der Waals surface area contributed by atoms with Crippen molar-refractivity contribution in [2.45, 2.75) is 6.42 Å². The lowest BCUT2D eigenvalue weighted by molar-refractivity contribution is 0.557. The Kier molecular flexibility index (Phi) is 1.62. The van der Waals surface area contributed by atoms with Crippen molar-refractivity contribution >= 4 is 12.1 Å². The lowest BCUT2D eigenvalue weighted by Crippen LogP contribution is -2.18. The van der Waals surface area contributed by atoms with E-state index in [9.17, 15) is 4.79 Å². The van der Waals surface area contributed by atoms with Crippen LogP contribution in [-0.2, 0) is 4.79 Å². The van der Waals surface area contributed by atoms with E-state index in [1.165, 1.54) is 0 Å². The summed E-state index contributed by atoms with van der Waals surface area (Å²) in [4.78, 5) is 13.7. The van der Waals surface area contributed by atoms with Crippen LogP contribution in [0.2, 0.25) is 0 Å². The Morgan fingerprint density at radius 3 is 3.25 bits per heavy atom. The van der Waals surface area contributed by atoms with Crippen molar-refractivity contribution in [1.29, 1.82) is 0 Å². The van der Waals surface area contributed by atoms with Gasteiger partial charge in [0.2, 0.25) is 6.29 Å². The molecule has 3 heteroatoms. The molecule has 0 aromatic carbocycles. The standard InChI is InChI=1S/C5H7N2O/c8-4-1-5-6-2-3-7-5/h1-3H2,(H,6,7). The molecule has 1 aliphatic rings. The summed E-state index contributed by atoms with van der Waals surface area (Å²) in [6.07, 6.45) is 2.09. The van der Waals surface area contributed by atoms with E-state index >= 15 is 0 Å². The molecule has 0 amide bonds. The van der Waals surface area contributed by atoms with E-state index in [1.807, 2.05) is 0 Å². The summed E-state index contributed by atoms with van der Waals surface area (Å²) < 4.78 is 0. The van der Waals surface area contributed by atoms with Gasteiger partial charge in [0.05, 0.1) is 13.0 Å². The molecular weight excluding hydrogens is 104 g/mol. The minimum absolute atomic E-state index is 0.319. The molecule has 0 saturated carbocycles. The number of hydrogen-bond acceptors (Lipinski definition) is 3. The molecule has 0 atom stereocenters. The van der Waals surface area contributed by atoms with Gasteiger partial charge in [-0.3, -0.25) is 9.79 Å². The van der Waals surface area contributed by atoms with E-state index in [4.69, 9.17) is 0 Å². The number of hydrogen-bond donors (Lipinski definition) is 1. The molecule has 8 heavy (non-hydrogen) atoms. The third-order valence-electron chi connectivity index (χ3n) is 0.983. The third-order valence-corrected chi connectivity index (χ3v) is 0.983. The Labute approximate surface area is 47.8 Å². The van der Waals surface area contributed by atoms with Crippen LogP contribution in [-0.4, -0.2) is 25.2 Å². The molecule has 0 bridgehead atoms. The van der Waals surface area contributed by atoms with Crippen molar-refractivity contribution < 1.29 is 4.79 Å². The fourth-order valence-electron chi connectivity index (χ4n) is 0.634. The van der Waals surface area contributed by atoms with E-state index in [-0.39, 0.29) is 0 Å². The second kappa shape index (κ2) is 2.45. The Hall–Kier alpha value is -0.860. The second-order valence-electron chi connectivity index (χ2n) is 1.58. The molecule has 1 aliphatic heterocycles. The zero-order valence-electron chi connectivity index (χ0n) is 4.48. The van der Waals surface area contributed by atoms with Crippen LogP contribution in [0, 0.1) is 0 Å². The Bertz CT molecular complexity index is 120. The molecule has 1 heterocycles. The maximum atomic E-state index is 9.72. The van der Waals surface area contributed by atoms with Crippen molar-refractivity contribution in [3.63, 3.8) is 0 Å². The fraction of sp³-hybridized carbons (Fsp3) is 0.600. The molecule has 1 rings (SSSR count). The lowest BCUT2D eigenvalue weighted by Gasteiger charge is -1.90. The topological polar surface area (TPSA) is 41.5 Å². The number of rotatable bonds is 2. The Morgan fingerprint density at radius 2 is 2.75 bits per heavy atom. The summed E-state index contributed by atoms with van der Waals surface area (Å²) in [6, 6.07) is 0. The molecule has 0 aliphatic carbocycles. The summed E-state index contributed by atoms with van der Waals surface area (Å²) in [6.45, 7) is 1.67. The normalized spacial score (nSPS) is 17.2. The van der Waals surface area contributed by atoms with Crippen molar-refractivity contribution in [2.24, 2.45) is 4.99 Å². The highest BCUT2D eigenvalue weighted by molar-refractivity contribution is 5.93. The zero-order valence-corrected chi connectivity index (χ0v) is 4.48. The van der Waals surface area contributed by atoms with Crippen LogP contribution >= 0.6 is 0 Å². The molecule has 0 spiro atoms. The van der Waals surface area contributed by atoms with Crippen molar-refractivity contribution in [2.75, 3.05) is 13.1 Å². The van der Waals surface area contributed by atoms with Crippen LogP contribution < -0.4 is 5.32 Å². The molecule has 0 unspecified atom stereocenters. The maximum absolute atomic E-state index is 9.72. The van der Waals surface area contributed by atoms with Gasteiger partial charge in [-0.15, -0.1) is 0 Å². The summed E-state index contributed by atoms with van der Waals surface area (Å²) in [7, 11) is 0. The van der Waals surface area contributed by atoms with Gasteiger partial charge < -0.3 is 5.32 Å². The van der Waals surface area contributed by atoms with Crippen LogP contribution in [0.3, 0.4) is 0 Å². The van der Waals surface area contributed by atoms with Crippen LogP contribution in [0.25, 0.3) is 0 Å². The summed E-state index contributed by atoms with van der Waals surface area (Å²) >= 11 is 0. The average molecular weight is 111 g/mol. The van der Waals surface area contributed by atoms with Crippen molar-refractivity contribution in [1.82, 2.24) is 5.32 Å². The smallest absolute Gasteiger partial charge is 0.206 e. The van der Waals surface area contributed by atoms with Crippen molar-refractivity contribution in [3.05, 3.63) is 0 Å². The first-order valence-electron chi connectivity index (χ1n) is 2.55. The number of nitrogens with one attached hydrogen (secondary N) is 1. The molecular formula is C5H7N2O. The highest BCUT2D eigenvalue weighted by Crippen LogP contribution is 1.86. The fourth-order valence-corrected chi connectivity index (χ4v) is 0.634. The minimum Gasteiger partial charge on any atom is -0.372 e.